The molecule has 0 aromatic carbocycles. The number of nitrogens with zero attached hydrogens (tertiary/aromatic N) is 6. The normalized spacial score (nSPS) is 23.9. The summed E-state index contributed by atoms with van der Waals surface area (Å²) in [5.74, 6) is -1.81. The third-order valence-electron chi connectivity index (χ3n) is 6.78. The number of halogens is 2. The third kappa shape index (κ3) is 3.03. The van der Waals surface area contributed by atoms with Crippen molar-refractivity contribution in [2.24, 2.45) is 0 Å². The molecule has 0 saturated heterocycles. The zero-order valence-corrected chi connectivity index (χ0v) is 16.7. The largest absolute Gasteiger partial charge is 0.310 e. The molecule has 2 aliphatic rings. The summed E-state index contributed by atoms with van der Waals surface area (Å²) in [4.78, 5) is 25.1. The van der Waals surface area contributed by atoms with Crippen molar-refractivity contribution in [2.75, 3.05) is 0 Å². The van der Waals surface area contributed by atoms with Gasteiger partial charge in [-0.15, -0.1) is 0 Å². The molecule has 2 saturated carbocycles. The van der Waals surface area contributed by atoms with E-state index >= 15 is 0 Å². The smallest absolute Gasteiger partial charge is 0.262 e. The standard InChI is InChI=1S/C21H21F2N7O/c22-21(23)7-5-12(6-8-21)30-19-15(10-25-30)20(31)28-18(27-19)14-4-3-13(14)16-11-29-17(26-16)2-1-9-24-29/h1-2,9-14H,3-8H2,(H,27,28,31)/t13-,14-/m1/s1. The molecule has 10 heteroatoms. The number of hydrogen-bond donors (Lipinski definition) is 1. The van der Waals surface area contributed by atoms with Crippen molar-refractivity contribution in [1.82, 2.24) is 34.3 Å². The first-order valence-corrected chi connectivity index (χ1v) is 10.6. The molecule has 0 amide bonds. The van der Waals surface area contributed by atoms with E-state index in [2.05, 4.69) is 20.2 Å². The Bertz CT molecular complexity index is 1300. The van der Waals surface area contributed by atoms with Crippen molar-refractivity contribution in [2.45, 2.75) is 62.3 Å². The van der Waals surface area contributed by atoms with Crippen LogP contribution < -0.4 is 5.56 Å². The van der Waals surface area contributed by atoms with E-state index in [0.717, 1.165) is 24.2 Å². The van der Waals surface area contributed by atoms with Crippen LogP contribution in [0.5, 0.6) is 0 Å². The quantitative estimate of drug-likeness (QED) is 0.542. The van der Waals surface area contributed by atoms with Crippen molar-refractivity contribution in [3.63, 3.8) is 0 Å². The lowest BCUT2D eigenvalue weighted by Crippen LogP contribution is -2.28. The lowest BCUT2D eigenvalue weighted by atomic mass is 9.71. The van der Waals surface area contributed by atoms with Crippen LogP contribution in [0.1, 0.15) is 67.9 Å². The summed E-state index contributed by atoms with van der Waals surface area (Å²) in [6, 6.07) is 3.59. The van der Waals surface area contributed by atoms with Gasteiger partial charge in [0.25, 0.3) is 5.56 Å². The molecule has 31 heavy (non-hydrogen) atoms. The van der Waals surface area contributed by atoms with Crippen LogP contribution >= 0.6 is 0 Å². The predicted molar refractivity (Wildman–Crippen MR) is 108 cm³/mol. The van der Waals surface area contributed by atoms with E-state index in [1.807, 2.05) is 18.3 Å². The zero-order valence-electron chi connectivity index (χ0n) is 16.7. The van der Waals surface area contributed by atoms with Crippen LogP contribution in [-0.2, 0) is 0 Å². The molecular weight excluding hydrogens is 404 g/mol. The second-order valence-electron chi connectivity index (χ2n) is 8.65. The molecular formula is C21H21F2N7O. The number of rotatable bonds is 3. The monoisotopic (exact) mass is 425 g/mol. The van der Waals surface area contributed by atoms with Crippen LogP contribution in [0.3, 0.4) is 0 Å². The van der Waals surface area contributed by atoms with Gasteiger partial charge in [-0.05, 0) is 37.8 Å². The number of aromatic nitrogens is 7. The maximum Gasteiger partial charge on any atom is 0.262 e. The molecule has 0 spiro atoms. The molecule has 2 fully saturated rings. The van der Waals surface area contributed by atoms with Crippen molar-refractivity contribution in [3.05, 3.63) is 52.6 Å². The number of alkyl halides is 2. The molecule has 160 valence electrons. The molecule has 6 rings (SSSR count). The molecule has 2 atom stereocenters. The highest BCUT2D eigenvalue weighted by atomic mass is 19.3. The van der Waals surface area contributed by atoms with Gasteiger partial charge < -0.3 is 4.98 Å². The van der Waals surface area contributed by atoms with E-state index in [4.69, 9.17) is 4.98 Å². The van der Waals surface area contributed by atoms with E-state index < -0.39 is 5.92 Å². The van der Waals surface area contributed by atoms with Crippen LogP contribution in [0.25, 0.3) is 16.7 Å². The summed E-state index contributed by atoms with van der Waals surface area (Å²) in [6.07, 6.45) is 7.30. The number of nitrogens with one attached hydrogen (secondary N) is 1. The number of imidazole rings is 1. The van der Waals surface area contributed by atoms with Crippen LogP contribution in [0.15, 0.2) is 35.5 Å². The molecule has 8 nitrogen and oxygen atoms in total. The Hall–Kier alpha value is -3.17. The molecule has 0 unspecified atom stereocenters. The fourth-order valence-corrected chi connectivity index (χ4v) is 4.87. The van der Waals surface area contributed by atoms with Crippen LogP contribution in [-0.4, -0.2) is 40.3 Å². The number of hydrogen-bond acceptors (Lipinski definition) is 5. The van der Waals surface area contributed by atoms with Gasteiger partial charge in [-0.25, -0.2) is 27.9 Å². The fraction of sp³-hybridized carbons (Fsp3) is 0.476. The van der Waals surface area contributed by atoms with Gasteiger partial charge in [0.2, 0.25) is 5.92 Å². The van der Waals surface area contributed by atoms with Crippen molar-refractivity contribution in [3.8, 4) is 0 Å². The highest BCUT2D eigenvalue weighted by Gasteiger charge is 2.39. The summed E-state index contributed by atoms with van der Waals surface area (Å²) in [6.45, 7) is 0. The van der Waals surface area contributed by atoms with Crippen molar-refractivity contribution < 1.29 is 8.78 Å². The lowest BCUT2D eigenvalue weighted by Gasteiger charge is -2.34. The molecule has 1 N–H and O–H groups in total. The molecule has 4 aromatic heterocycles. The van der Waals surface area contributed by atoms with Crippen LogP contribution in [0.2, 0.25) is 0 Å². The highest BCUT2D eigenvalue weighted by molar-refractivity contribution is 5.73. The second-order valence-corrected chi connectivity index (χ2v) is 8.65. The summed E-state index contributed by atoms with van der Waals surface area (Å²) in [7, 11) is 0. The van der Waals surface area contributed by atoms with Gasteiger partial charge in [0.1, 0.15) is 11.2 Å². The average molecular weight is 425 g/mol. The molecule has 4 heterocycles. The van der Waals surface area contributed by atoms with E-state index in [-0.39, 0.29) is 36.3 Å². The molecule has 4 aromatic rings. The lowest BCUT2D eigenvalue weighted by molar-refractivity contribution is -0.0446. The van der Waals surface area contributed by atoms with Crippen molar-refractivity contribution >= 4 is 16.7 Å². The Morgan fingerprint density at radius 1 is 1.06 bits per heavy atom. The topological polar surface area (TPSA) is 93.8 Å². The second kappa shape index (κ2) is 6.66. The maximum atomic E-state index is 13.6. The molecule has 0 aliphatic heterocycles. The minimum Gasteiger partial charge on any atom is -0.310 e. The minimum atomic E-state index is -2.61. The van der Waals surface area contributed by atoms with Gasteiger partial charge >= 0.3 is 0 Å². The van der Waals surface area contributed by atoms with Gasteiger partial charge in [0, 0.05) is 30.9 Å². The summed E-state index contributed by atoms with van der Waals surface area (Å²) in [5, 5.41) is 9.02. The van der Waals surface area contributed by atoms with E-state index in [9.17, 15) is 13.6 Å². The fourth-order valence-electron chi connectivity index (χ4n) is 4.87. The summed E-state index contributed by atoms with van der Waals surface area (Å²) < 4.78 is 30.6. The van der Waals surface area contributed by atoms with Gasteiger partial charge in [-0.3, -0.25) is 4.79 Å². The summed E-state index contributed by atoms with van der Waals surface area (Å²) in [5.41, 5.74) is 1.96. The Labute approximate surface area is 175 Å². The van der Waals surface area contributed by atoms with E-state index in [0.29, 0.717) is 29.7 Å². The van der Waals surface area contributed by atoms with Gasteiger partial charge in [-0.2, -0.15) is 10.2 Å². The van der Waals surface area contributed by atoms with Crippen molar-refractivity contribution in [1.29, 1.82) is 0 Å². The van der Waals surface area contributed by atoms with Crippen LogP contribution in [0, 0.1) is 0 Å². The minimum absolute atomic E-state index is 0.0426. The Morgan fingerprint density at radius 3 is 2.61 bits per heavy atom. The van der Waals surface area contributed by atoms with E-state index in [1.54, 1.807) is 15.4 Å². The predicted octanol–water partition coefficient (Wildman–Crippen LogP) is 3.57. The zero-order chi connectivity index (χ0) is 21.2. The van der Waals surface area contributed by atoms with Gasteiger partial charge in [0.05, 0.1) is 24.1 Å². The highest BCUT2D eigenvalue weighted by Crippen LogP contribution is 2.47. The van der Waals surface area contributed by atoms with E-state index in [1.165, 1.54) is 6.20 Å². The van der Waals surface area contributed by atoms with Gasteiger partial charge in [-0.1, -0.05) is 0 Å². The molecule has 2 aliphatic carbocycles. The first-order chi connectivity index (χ1) is 15.0. The Morgan fingerprint density at radius 2 is 1.87 bits per heavy atom. The number of fused-ring (bicyclic) bond motifs is 2. The SMILES string of the molecule is O=c1[nH]c([C@@H]2CC[C@H]2c2cn3ncccc3n2)nc2c1cnn2C1CCC(F)(F)CC1. The maximum absolute atomic E-state index is 13.6. The number of aromatic amines is 1. The molecule has 0 radical (unpaired) electrons. The Kier molecular flexibility index (Phi) is 4.00. The first-order valence-electron chi connectivity index (χ1n) is 10.6. The number of H-pyrrole nitrogens is 1. The molecule has 0 bridgehead atoms. The third-order valence-corrected chi connectivity index (χ3v) is 6.78. The first kappa shape index (κ1) is 18.6. The van der Waals surface area contributed by atoms with Gasteiger partial charge in [0.15, 0.2) is 11.3 Å². The van der Waals surface area contributed by atoms with Crippen LogP contribution in [0.4, 0.5) is 8.78 Å². The average Bonchev–Trinajstić information content (AvgIpc) is 3.31. The summed E-state index contributed by atoms with van der Waals surface area (Å²) >= 11 is 0. The Balaban J connectivity index is 1.35.